The van der Waals surface area contributed by atoms with E-state index in [9.17, 15) is 0 Å². The van der Waals surface area contributed by atoms with Crippen molar-refractivity contribution in [2.24, 2.45) is 0 Å². The molecule has 6 heteroatoms. The highest BCUT2D eigenvalue weighted by Gasteiger charge is 2.06. The molecule has 3 aromatic rings. The monoisotopic (exact) mass is 442 g/mol. The fourth-order valence-electron chi connectivity index (χ4n) is 3.09. The van der Waals surface area contributed by atoms with Crippen molar-refractivity contribution in [2.75, 3.05) is 23.7 Å². The van der Waals surface area contributed by atoms with Crippen LogP contribution in [0.25, 0.3) is 10.9 Å². The second-order valence-corrected chi connectivity index (χ2v) is 7.87. The number of halogens is 1. The molecule has 140 valence electrons. The van der Waals surface area contributed by atoms with E-state index >= 15 is 0 Å². The molecule has 0 aliphatic carbocycles. The number of nitrogens with zero attached hydrogens (tertiary/aromatic N) is 1. The van der Waals surface area contributed by atoms with E-state index in [0.29, 0.717) is 5.11 Å². The summed E-state index contributed by atoms with van der Waals surface area (Å²) in [6, 6.07) is 14.4. The van der Waals surface area contributed by atoms with Crippen LogP contribution in [0.2, 0.25) is 0 Å². The van der Waals surface area contributed by atoms with Gasteiger partial charge in [0.05, 0.1) is 5.52 Å². The largest absolute Gasteiger partial charge is 0.383 e. The second-order valence-electron chi connectivity index (χ2n) is 6.55. The average Bonchev–Trinajstić information content (AvgIpc) is 2.61. The molecule has 27 heavy (non-hydrogen) atoms. The molecule has 1 aromatic heterocycles. The summed E-state index contributed by atoms with van der Waals surface area (Å²) in [4.78, 5) is 4.57. The van der Waals surface area contributed by atoms with E-state index in [1.165, 1.54) is 0 Å². The average molecular weight is 443 g/mol. The number of hydrogen-bond donors (Lipinski definition) is 3. The summed E-state index contributed by atoms with van der Waals surface area (Å²) in [6.45, 7) is 7.63. The lowest BCUT2D eigenvalue weighted by molar-refractivity contribution is 0.916. The van der Waals surface area contributed by atoms with Crippen LogP contribution in [0.4, 0.5) is 11.4 Å². The number of benzene rings is 2. The van der Waals surface area contributed by atoms with Crippen LogP contribution in [0.3, 0.4) is 0 Å². The van der Waals surface area contributed by atoms with Gasteiger partial charge >= 0.3 is 0 Å². The summed E-state index contributed by atoms with van der Waals surface area (Å²) in [5, 5.41) is 11.8. The Morgan fingerprint density at radius 3 is 2.48 bits per heavy atom. The van der Waals surface area contributed by atoms with Crippen LogP contribution in [0, 0.1) is 20.8 Å². The van der Waals surface area contributed by atoms with Gasteiger partial charge in [-0.15, -0.1) is 0 Å². The summed E-state index contributed by atoms with van der Waals surface area (Å²) in [5.74, 6) is 0. The van der Waals surface area contributed by atoms with Crippen molar-refractivity contribution in [3.8, 4) is 0 Å². The minimum atomic E-state index is 0.626. The Bertz CT molecular complexity index is 964. The van der Waals surface area contributed by atoms with E-state index in [1.54, 1.807) is 0 Å². The molecule has 0 saturated carbocycles. The van der Waals surface area contributed by atoms with Crippen LogP contribution in [0.1, 0.15) is 16.8 Å². The van der Waals surface area contributed by atoms with Gasteiger partial charge in [0.1, 0.15) is 0 Å². The Hall–Kier alpha value is -2.18. The van der Waals surface area contributed by atoms with Crippen LogP contribution >= 0.6 is 28.1 Å². The molecule has 3 N–H and O–H groups in total. The Morgan fingerprint density at radius 1 is 1.04 bits per heavy atom. The van der Waals surface area contributed by atoms with Gasteiger partial charge in [-0.2, -0.15) is 0 Å². The van der Waals surface area contributed by atoms with Crippen molar-refractivity contribution >= 4 is 55.5 Å². The Morgan fingerprint density at radius 2 is 1.74 bits per heavy atom. The molecule has 3 rings (SSSR count). The van der Waals surface area contributed by atoms with Gasteiger partial charge < -0.3 is 16.0 Å². The SMILES string of the molecule is Cc1cc(NCCNC(=S)Nc2c(C)cc(Br)cc2C)c2ccccc2n1. The molecule has 0 bridgehead atoms. The zero-order valence-electron chi connectivity index (χ0n) is 15.7. The highest BCUT2D eigenvalue weighted by molar-refractivity contribution is 9.10. The van der Waals surface area contributed by atoms with Gasteiger partial charge in [0.2, 0.25) is 0 Å². The maximum absolute atomic E-state index is 5.44. The van der Waals surface area contributed by atoms with Crippen LogP contribution in [-0.2, 0) is 0 Å². The van der Waals surface area contributed by atoms with Gasteiger partial charge in [-0.05, 0) is 68.4 Å². The van der Waals surface area contributed by atoms with Crippen LogP contribution in [0.15, 0.2) is 46.9 Å². The number of rotatable bonds is 5. The second kappa shape index (κ2) is 8.67. The minimum absolute atomic E-state index is 0.626. The Labute approximate surface area is 173 Å². The topological polar surface area (TPSA) is 49.0 Å². The molecule has 0 atom stereocenters. The molecule has 1 heterocycles. The fourth-order valence-corrected chi connectivity index (χ4v) is 3.98. The van der Waals surface area contributed by atoms with E-state index < -0.39 is 0 Å². The molecule has 0 unspecified atom stereocenters. The maximum Gasteiger partial charge on any atom is 0.170 e. The van der Waals surface area contributed by atoms with E-state index in [2.05, 4.69) is 75.0 Å². The molecule has 0 saturated heterocycles. The Balaban J connectivity index is 1.56. The number of pyridine rings is 1. The van der Waals surface area contributed by atoms with E-state index in [-0.39, 0.29) is 0 Å². The zero-order chi connectivity index (χ0) is 19.4. The van der Waals surface area contributed by atoms with Gasteiger partial charge in [0.15, 0.2) is 5.11 Å². The first kappa shape index (κ1) is 19.6. The number of anilines is 2. The third-order valence-electron chi connectivity index (χ3n) is 4.31. The Kier molecular flexibility index (Phi) is 6.29. The molecule has 0 amide bonds. The number of aryl methyl sites for hydroxylation is 3. The summed E-state index contributed by atoms with van der Waals surface area (Å²) >= 11 is 8.96. The first-order chi connectivity index (χ1) is 12.9. The third-order valence-corrected chi connectivity index (χ3v) is 5.01. The number of hydrogen-bond acceptors (Lipinski definition) is 3. The lowest BCUT2D eigenvalue weighted by Gasteiger charge is -2.16. The normalized spacial score (nSPS) is 10.7. The van der Waals surface area contributed by atoms with Crippen LogP contribution < -0.4 is 16.0 Å². The molecular formula is C21H23BrN4S. The third kappa shape index (κ3) is 4.96. The smallest absolute Gasteiger partial charge is 0.170 e. The number of para-hydroxylation sites is 1. The standard InChI is InChI=1S/C21H23BrN4S/c1-13-10-16(22)11-14(2)20(13)26-21(27)24-9-8-23-19-12-15(3)25-18-7-5-4-6-17(18)19/h4-7,10-12H,8-9H2,1-3H3,(H,23,25)(H2,24,26,27). The molecule has 0 radical (unpaired) electrons. The first-order valence-electron chi connectivity index (χ1n) is 8.86. The summed E-state index contributed by atoms with van der Waals surface area (Å²) < 4.78 is 1.07. The molecule has 2 aromatic carbocycles. The molecule has 0 spiro atoms. The highest BCUT2D eigenvalue weighted by Crippen LogP contribution is 2.25. The number of nitrogens with one attached hydrogen (secondary N) is 3. The lowest BCUT2D eigenvalue weighted by atomic mass is 10.1. The van der Waals surface area contributed by atoms with Gasteiger partial charge in [-0.25, -0.2) is 0 Å². The van der Waals surface area contributed by atoms with E-state index in [4.69, 9.17) is 12.2 Å². The molecule has 0 aliphatic rings. The van der Waals surface area contributed by atoms with E-state index in [0.717, 1.165) is 56.7 Å². The van der Waals surface area contributed by atoms with Crippen molar-refractivity contribution in [1.29, 1.82) is 0 Å². The first-order valence-corrected chi connectivity index (χ1v) is 10.1. The molecule has 4 nitrogen and oxygen atoms in total. The molecule has 0 fully saturated rings. The number of aromatic nitrogens is 1. The summed E-state index contributed by atoms with van der Waals surface area (Å²) in [7, 11) is 0. The van der Waals surface area contributed by atoms with Gasteiger partial charge in [0, 0.05) is 40.0 Å². The number of fused-ring (bicyclic) bond motifs is 1. The molecule has 0 aliphatic heterocycles. The van der Waals surface area contributed by atoms with Crippen LogP contribution in [-0.4, -0.2) is 23.2 Å². The maximum atomic E-state index is 5.44. The van der Waals surface area contributed by atoms with Crippen LogP contribution in [0.5, 0.6) is 0 Å². The number of thiocarbonyl (C=S) groups is 1. The summed E-state index contributed by atoms with van der Waals surface area (Å²) in [6.07, 6.45) is 0. The summed E-state index contributed by atoms with van der Waals surface area (Å²) in [5.41, 5.74) is 6.47. The van der Waals surface area contributed by atoms with Crippen molar-refractivity contribution < 1.29 is 0 Å². The lowest BCUT2D eigenvalue weighted by Crippen LogP contribution is -2.32. The predicted molar refractivity (Wildman–Crippen MR) is 123 cm³/mol. The van der Waals surface area contributed by atoms with Crippen molar-refractivity contribution in [3.05, 3.63) is 63.8 Å². The van der Waals surface area contributed by atoms with Crippen molar-refractivity contribution in [3.63, 3.8) is 0 Å². The fraction of sp³-hybridized carbons (Fsp3) is 0.238. The highest BCUT2D eigenvalue weighted by atomic mass is 79.9. The zero-order valence-corrected chi connectivity index (χ0v) is 18.1. The predicted octanol–water partition coefficient (Wildman–Crippen LogP) is 5.32. The van der Waals surface area contributed by atoms with Gasteiger partial charge in [-0.3, -0.25) is 4.98 Å². The van der Waals surface area contributed by atoms with Gasteiger partial charge in [-0.1, -0.05) is 34.1 Å². The van der Waals surface area contributed by atoms with Gasteiger partial charge in [0.25, 0.3) is 0 Å². The molecular weight excluding hydrogens is 420 g/mol. The van der Waals surface area contributed by atoms with Crippen molar-refractivity contribution in [2.45, 2.75) is 20.8 Å². The van der Waals surface area contributed by atoms with E-state index in [1.807, 2.05) is 25.1 Å². The minimum Gasteiger partial charge on any atom is -0.383 e. The van der Waals surface area contributed by atoms with Crippen molar-refractivity contribution in [1.82, 2.24) is 10.3 Å². The quantitative estimate of drug-likeness (QED) is 0.368.